The lowest BCUT2D eigenvalue weighted by Crippen LogP contribution is -2.04. The molecule has 0 unspecified atom stereocenters. The van der Waals surface area contributed by atoms with Gasteiger partial charge in [0.25, 0.3) is 5.89 Å². The maximum absolute atomic E-state index is 13.5. The van der Waals surface area contributed by atoms with Gasteiger partial charge in [-0.3, -0.25) is 0 Å². The van der Waals surface area contributed by atoms with Gasteiger partial charge in [0.1, 0.15) is 5.82 Å². The summed E-state index contributed by atoms with van der Waals surface area (Å²) in [5, 5.41) is 3.89. The van der Waals surface area contributed by atoms with Gasteiger partial charge in [0, 0.05) is 11.1 Å². The van der Waals surface area contributed by atoms with Gasteiger partial charge in [-0.15, -0.1) is 0 Å². The first-order chi connectivity index (χ1) is 14.4. The first kappa shape index (κ1) is 18.2. The van der Waals surface area contributed by atoms with Crippen LogP contribution < -0.4 is 0 Å². The molecule has 5 rings (SSSR count). The van der Waals surface area contributed by atoms with E-state index in [4.69, 9.17) is 8.94 Å². The smallest absolute Gasteiger partial charge is 0.446 e. The molecular weight excluding hydrogens is 397 g/mol. The molecule has 150 valence electrons. The van der Waals surface area contributed by atoms with Crippen LogP contribution in [-0.4, -0.2) is 20.1 Å². The van der Waals surface area contributed by atoms with Gasteiger partial charge in [-0.2, -0.15) is 18.2 Å². The summed E-state index contributed by atoms with van der Waals surface area (Å²) in [7, 11) is 0. The van der Waals surface area contributed by atoms with Gasteiger partial charge in [0.2, 0.25) is 11.6 Å². The Morgan fingerprint density at radius 2 is 1.73 bits per heavy atom. The number of halogens is 3. The summed E-state index contributed by atoms with van der Waals surface area (Å²) in [5.74, 6) is -0.417. The van der Waals surface area contributed by atoms with Crippen molar-refractivity contribution in [2.45, 2.75) is 13.1 Å². The van der Waals surface area contributed by atoms with Gasteiger partial charge < -0.3 is 13.9 Å². The Morgan fingerprint density at radius 3 is 2.50 bits per heavy atom. The minimum Gasteiger partial charge on any atom is -0.446 e. The van der Waals surface area contributed by atoms with Crippen molar-refractivity contribution >= 4 is 11.0 Å². The van der Waals surface area contributed by atoms with Gasteiger partial charge in [0.15, 0.2) is 5.76 Å². The van der Waals surface area contributed by atoms with Gasteiger partial charge in [-0.25, -0.2) is 4.98 Å². The molecule has 0 aliphatic heterocycles. The number of aromatic amines is 1. The zero-order valence-corrected chi connectivity index (χ0v) is 15.5. The molecule has 2 aromatic carbocycles. The largest absolute Gasteiger partial charge is 0.450 e. The van der Waals surface area contributed by atoms with Crippen molar-refractivity contribution in [2.75, 3.05) is 0 Å². The van der Waals surface area contributed by atoms with Crippen molar-refractivity contribution in [2.24, 2.45) is 0 Å². The highest BCUT2D eigenvalue weighted by Gasteiger charge is 2.39. The monoisotopic (exact) mass is 410 g/mol. The summed E-state index contributed by atoms with van der Waals surface area (Å²) in [6.45, 7) is 1.84. The molecule has 3 heterocycles. The Balaban J connectivity index is 1.56. The molecule has 0 radical (unpaired) electrons. The number of rotatable bonds is 3. The lowest BCUT2D eigenvalue weighted by molar-refractivity contribution is -0.152. The molecule has 0 aliphatic carbocycles. The number of benzene rings is 2. The molecule has 0 fully saturated rings. The number of aryl methyl sites for hydroxylation is 1. The van der Waals surface area contributed by atoms with Crippen molar-refractivity contribution in [3.63, 3.8) is 0 Å². The Hall–Kier alpha value is -3.88. The molecule has 6 nitrogen and oxygen atoms in total. The molecule has 0 atom stereocenters. The highest BCUT2D eigenvalue weighted by atomic mass is 19.4. The Morgan fingerprint density at radius 1 is 0.933 bits per heavy atom. The highest BCUT2D eigenvalue weighted by molar-refractivity contribution is 5.80. The minimum atomic E-state index is -4.67. The van der Waals surface area contributed by atoms with Crippen LogP contribution in [0.4, 0.5) is 13.2 Å². The molecule has 3 aromatic heterocycles. The molecule has 0 spiro atoms. The number of fused-ring (bicyclic) bond motifs is 1. The maximum Gasteiger partial charge on any atom is 0.450 e. The van der Waals surface area contributed by atoms with Crippen LogP contribution in [0.1, 0.15) is 11.6 Å². The van der Waals surface area contributed by atoms with Crippen LogP contribution in [0.5, 0.6) is 0 Å². The van der Waals surface area contributed by atoms with Crippen LogP contribution in [0.3, 0.4) is 0 Å². The number of hydrogen-bond acceptors (Lipinski definition) is 5. The summed E-state index contributed by atoms with van der Waals surface area (Å²) >= 11 is 0. The maximum atomic E-state index is 13.5. The third kappa shape index (κ3) is 3.14. The van der Waals surface area contributed by atoms with E-state index in [0.717, 1.165) is 16.9 Å². The molecular formula is C21H13F3N4O2. The van der Waals surface area contributed by atoms with E-state index in [1.165, 1.54) is 6.07 Å². The molecule has 0 aliphatic rings. The second kappa shape index (κ2) is 6.58. The van der Waals surface area contributed by atoms with E-state index in [2.05, 4.69) is 20.1 Å². The Bertz CT molecular complexity index is 1350. The van der Waals surface area contributed by atoms with Gasteiger partial charge in [0.05, 0.1) is 11.0 Å². The average molecular weight is 410 g/mol. The topological polar surface area (TPSA) is 80.7 Å². The third-order valence-electron chi connectivity index (χ3n) is 4.57. The number of imidazole rings is 1. The van der Waals surface area contributed by atoms with Crippen molar-refractivity contribution in [3.8, 4) is 34.2 Å². The summed E-state index contributed by atoms with van der Waals surface area (Å²) in [6.07, 6.45) is -4.67. The molecule has 0 saturated carbocycles. The lowest BCUT2D eigenvalue weighted by Gasteiger charge is -2.05. The predicted molar refractivity (Wildman–Crippen MR) is 102 cm³/mol. The quantitative estimate of drug-likeness (QED) is 0.402. The van der Waals surface area contributed by atoms with Crippen molar-refractivity contribution in [1.29, 1.82) is 0 Å². The first-order valence-electron chi connectivity index (χ1n) is 8.96. The minimum absolute atomic E-state index is 0.0906. The summed E-state index contributed by atoms with van der Waals surface area (Å²) in [5.41, 5.74) is 2.49. The fourth-order valence-electron chi connectivity index (χ4n) is 3.26. The van der Waals surface area contributed by atoms with Crippen molar-refractivity contribution in [1.82, 2.24) is 20.1 Å². The van der Waals surface area contributed by atoms with Crippen LogP contribution in [0.2, 0.25) is 0 Å². The fourth-order valence-corrected chi connectivity index (χ4v) is 3.26. The molecule has 0 saturated heterocycles. The van der Waals surface area contributed by atoms with E-state index in [1.54, 1.807) is 48.5 Å². The van der Waals surface area contributed by atoms with Gasteiger partial charge >= 0.3 is 6.18 Å². The van der Waals surface area contributed by atoms with Crippen LogP contribution >= 0.6 is 0 Å². The predicted octanol–water partition coefficient (Wildman–Crippen LogP) is 5.87. The number of furan rings is 1. The van der Waals surface area contributed by atoms with Crippen LogP contribution in [-0.2, 0) is 6.18 Å². The SMILES string of the molecule is Cc1nc2ccc(-c3noc(-c4cc(-c5ccccc5)c(C(F)(F)F)o4)n3)cc2[nH]1. The van der Waals surface area contributed by atoms with E-state index >= 15 is 0 Å². The normalized spacial score (nSPS) is 12.0. The first-order valence-corrected chi connectivity index (χ1v) is 8.96. The summed E-state index contributed by atoms with van der Waals surface area (Å²) in [6, 6.07) is 14.8. The second-order valence-electron chi connectivity index (χ2n) is 6.69. The van der Waals surface area contributed by atoms with Crippen molar-refractivity contribution < 1.29 is 22.1 Å². The Labute approximate surface area is 167 Å². The number of alkyl halides is 3. The molecule has 30 heavy (non-hydrogen) atoms. The van der Waals surface area contributed by atoms with Gasteiger partial charge in [-0.05, 0) is 36.8 Å². The molecule has 0 bridgehead atoms. The summed E-state index contributed by atoms with van der Waals surface area (Å²) < 4.78 is 50.8. The third-order valence-corrected chi connectivity index (χ3v) is 4.57. The van der Waals surface area contributed by atoms with Crippen LogP contribution in [0.25, 0.3) is 45.2 Å². The lowest BCUT2D eigenvalue weighted by atomic mass is 10.1. The molecule has 1 N–H and O–H groups in total. The molecule has 5 aromatic rings. The standard InChI is InChI=1S/C21H13F3N4O2/c1-11-25-15-8-7-13(9-16(15)26-11)19-27-20(30-28-19)17-10-14(12-5-3-2-4-6-12)18(29-17)21(22,23)24/h2-10H,1H3,(H,25,26). The van der Waals surface area contributed by atoms with E-state index in [-0.39, 0.29) is 23.0 Å². The van der Waals surface area contributed by atoms with E-state index in [9.17, 15) is 13.2 Å². The van der Waals surface area contributed by atoms with Crippen molar-refractivity contribution in [3.05, 3.63) is 66.2 Å². The summed E-state index contributed by atoms with van der Waals surface area (Å²) in [4.78, 5) is 11.7. The van der Waals surface area contributed by atoms with Gasteiger partial charge in [-0.1, -0.05) is 35.5 Å². The number of hydrogen-bond donors (Lipinski definition) is 1. The zero-order valence-electron chi connectivity index (χ0n) is 15.5. The average Bonchev–Trinajstić information content (AvgIpc) is 3.44. The van der Waals surface area contributed by atoms with E-state index in [1.807, 2.05) is 6.92 Å². The van der Waals surface area contributed by atoms with Crippen LogP contribution in [0, 0.1) is 6.92 Å². The second-order valence-corrected chi connectivity index (χ2v) is 6.69. The number of nitrogens with zero attached hydrogens (tertiary/aromatic N) is 3. The molecule has 0 amide bonds. The number of aromatic nitrogens is 4. The highest BCUT2D eigenvalue weighted by Crippen LogP contribution is 2.41. The zero-order chi connectivity index (χ0) is 20.9. The Kier molecular flexibility index (Phi) is 3.99. The van der Waals surface area contributed by atoms with E-state index < -0.39 is 11.9 Å². The molecule has 9 heteroatoms. The fraction of sp³-hybridized carbons (Fsp3) is 0.0952. The number of nitrogens with one attached hydrogen (secondary N) is 1. The van der Waals surface area contributed by atoms with E-state index in [0.29, 0.717) is 11.1 Å². The van der Waals surface area contributed by atoms with Crippen LogP contribution in [0.15, 0.2) is 63.5 Å². The number of H-pyrrole nitrogens is 1.